The van der Waals surface area contributed by atoms with Crippen LogP contribution < -0.4 is 9.04 Å². The molecular formula is C15H16N2O3S. The SMILES string of the molecule is CCOc1ccc(S(=O)(=O)N2CCc3ccccc32)cn1. The first-order valence-corrected chi connectivity index (χ1v) is 8.26. The van der Waals surface area contributed by atoms with E-state index in [4.69, 9.17) is 4.74 Å². The van der Waals surface area contributed by atoms with Crippen molar-refractivity contribution in [3.8, 4) is 5.88 Å². The van der Waals surface area contributed by atoms with Crippen molar-refractivity contribution < 1.29 is 13.2 Å². The summed E-state index contributed by atoms with van der Waals surface area (Å²) >= 11 is 0. The molecule has 0 saturated heterocycles. The van der Waals surface area contributed by atoms with E-state index in [2.05, 4.69) is 4.98 Å². The molecule has 5 nitrogen and oxygen atoms in total. The maximum atomic E-state index is 12.7. The minimum Gasteiger partial charge on any atom is -0.478 e. The largest absolute Gasteiger partial charge is 0.478 e. The zero-order valence-electron chi connectivity index (χ0n) is 11.7. The maximum absolute atomic E-state index is 12.7. The summed E-state index contributed by atoms with van der Waals surface area (Å²) in [6, 6.07) is 10.7. The average molecular weight is 304 g/mol. The van der Waals surface area contributed by atoms with Crippen LogP contribution in [0, 0.1) is 0 Å². The first kappa shape index (κ1) is 13.9. The lowest BCUT2D eigenvalue weighted by atomic mass is 10.2. The van der Waals surface area contributed by atoms with Gasteiger partial charge in [-0.25, -0.2) is 13.4 Å². The van der Waals surface area contributed by atoms with Crippen molar-refractivity contribution >= 4 is 15.7 Å². The molecule has 2 aromatic rings. The minimum absolute atomic E-state index is 0.183. The molecule has 21 heavy (non-hydrogen) atoms. The molecule has 0 atom stereocenters. The van der Waals surface area contributed by atoms with Crippen molar-refractivity contribution in [2.24, 2.45) is 0 Å². The Bertz CT molecular complexity index is 742. The van der Waals surface area contributed by atoms with Crippen LogP contribution in [-0.4, -0.2) is 26.6 Å². The van der Waals surface area contributed by atoms with Gasteiger partial charge in [-0.15, -0.1) is 0 Å². The maximum Gasteiger partial charge on any atom is 0.265 e. The van der Waals surface area contributed by atoms with Gasteiger partial charge in [0.15, 0.2) is 0 Å². The minimum atomic E-state index is -3.57. The van der Waals surface area contributed by atoms with E-state index in [9.17, 15) is 8.42 Å². The molecule has 6 heteroatoms. The summed E-state index contributed by atoms with van der Waals surface area (Å²) in [5, 5.41) is 0. The van der Waals surface area contributed by atoms with Gasteiger partial charge in [0, 0.05) is 12.6 Å². The van der Waals surface area contributed by atoms with Crippen LogP contribution in [0.4, 0.5) is 5.69 Å². The third-order valence-corrected chi connectivity index (χ3v) is 5.23. The van der Waals surface area contributed by atoms with Gasteiger partial charge in [0.05, 0.1) is 18.5 Å². The Morgan fingerprint density at radius 3 is 2.76 bits per heavy atom. The van der Waals surface area contributed by atoms with E-state index in [0.717, 1.165) is 17.7 Å². The molecule has 1 aliphatic rings. The first-order valence-electron chi connectivity index (χ1n) is 6.82. The first-order chi connectivity index (χ1) is 10.1. The Morgan fingerprint density at radius 2 is 2.05 bits per heavy atom. The van der Waals surface area contributed by atoms with Crippen molar-refractivity contribution in [1.29, 1.82) is 0 Å². The van der Waals surface area contributed by atoms with Crippen LogP contribution in [0.5, 0.6) is 5.88 Å². The van der Waals surface area contributed by atoms with Crippen LogP contribution >= 0.6 is 0 Å². The molecule has 0 amide bonds. The van der Waals surface area contributed by atoms with Gasteiger partial charge in [0.2, 0.25) is 5.88 Å². The number of aromatic nitrogens is 1. The third-order valence-electron chi connectivity index (χ3n) is 3.43. The number of nitrogens with zero attached hydrogens (tertiary/aromatic N) is 2. The average Bonchev–Trinajstić information content (AvgIpc) is 2.93. The summed E-state index contributed by atoms with van der Waals surface area (Å²) in [7, 11) is -3.57. The van der Waals surface area contributed by atoms with E-state index in [-0.39, 0.29) is 4.90 Å². The summed E-state index contributed by atoms with van der Waals surface area (Å²) < 4.78 is 32.1. The van der Waals surface area contributed by atoms with E-state index < -0.39 is 10.0 Å². The summed E-state index contributed by atoms with van der Waals surface area (Å²) in [5.41, 5.74) is 1.81. The summed E-state index contributed by atoms with van der Waals surface area (Å²) in [6.07, 6.45) is 2.08. The topological polar surface area (TPSA) is 59.5 Å². The number of ether oxygens (including phenoxy) is 1. The van der Waals surface area contributed by atoms with Gasteiger partial charge in [0.25, 0.3) is 10.0 Å². The van der Waals surface area contributed by atoms with Gasteiger partial charge in [-0.3, -0.25) is 4.31 Å². The highest BCUT2D eigenvalue weighted by molar-refractivity contribution is 7.92. The standard InChI is InChI=1S/C15H16N2O3S/c1-2-20-15-8-7-13(11-16-15)21(18,19)17-10-9-12-5-3-4-6-14(12)17/h3-8,11H,2,9-10H2,1H3. The second-order valence-corrected chi connectivity index (χ2v) is 6.58. The number of rotatable bonds is 4. The lowest BCUT2D eigenvalue weighted by molar-refractivity contribution is 0.326. The molecule has 110 valence electrons. The summed E-state index contributed by atoms with van der Waals surface area (Å²) in [6.45, 7) is 2.82. The van der Waals surface area contributed by atoms with Crippen LogP contribution in [0.3, 0.4) is 0 Å². The molecule has 0 unspecified atom stereocenters. The monoisotopic (exact) mass is 304 g/mol. The molecule has 0 spiro atoms. The van der Waals surface area contributed by atoms with Crippen molar-refractivity contribution in [1.82, 2.24) is 4.98 Å². The highest BCUT2D eigenvalue weighted by Gasteiger charge is 2.30. The molecule has 1 aromatic heterocycles. The second kappa shape index (κ2) is 5.37. The fraction of sp³-hybridized carbons (Fsp3) is 0.267. The van der Waals surface area contributed by atoms with E-state index in [1.54, 1.807) is 6.07 Å². The number of hydrogen-bond donors (Lipinski definition) is 0. The van der Waals surface area contributed by atoms with Crippen LogP contribution in [0.1, 0.15) is 12.5 Å². The van der Waals surface area contributed by atoms with E-state index in [1.165, 1.54) is 16.6 Å². The van der Waals surface area contributed by atoms with Crippen LogP contribution in [0.25, 0.3) is 0 Å². The second-order valence-electron chi connectivity index (χ2n) is 4.72. The fourth-order valence-electron chi connectivity index (χ4n) is 2.44. The van der Waals surface area contributed by atoms with Gasteiger partial charge in [0.1, 0.15) is 4.90 Å². The predicted molar refractivity (Wildman–Crippen MR) is 80.1 cm³/mol. The zero-order valence-corrected chi connectivity index (χ0v) is 12.5. The van der Waals surface area contributed by atoms with Gasteiger partial charge < -0.3 is 4.74 Å². The normalized spacial score (nSPS) is 14.0. The number of fused-ring (bicyclic) bond motifs is 1. The Hall–Kier alpha value is -2.08. The number of sulfonamides is 1. The van der Waals surface area contributed by atoms with Crippen molar-refractivity contribution in [3.63, 3.8) is 0 Å². The summed E-state index contributed by atoms with van der Waals surface area (Å²) in [5.74, 6) is 0.429. The quantitative estimate of drug-likeness (QED) is 0.869. The predicted octanol–water partition coefficient (Wildman–Crippen LogP) is 2.23. The number of para-hydroxylation sites is 1. The highest BCUT2D eigenvalue weighted by atomic mass is 32.2. The van der Waals surface area contributed by atoms with Gasteiger partial charge in [-0.05, 0) is 31.0 Å². The lowest BCUT2D eigenvalue weighted by Gasteiger charge is -2.19. The number of hydrogen-bond acceptors (Lipinski definition) is 4. The summed E-state index contributed by atoms with van der Waals surface area (Å²) in [4.78, 5) is 4.22. The molecule has 3 rings (SSSR count). The van der Waals surface area contributed by atoms with E-state index in [0.29, 0.717) is 19.0 Å². The van der Waals surface area contributed by atoms with Gasteiger partial charge in [-0.2, -0.15) is 0 Å². The molecule has 0 N–H and O–H groups in total. The molecular weight excluding hydrogens is 288 g/mol. The zero-order chi connectivity index (χ0) is 14.9. The van der Waals surface area contributed by atoms with Crippen LogP contribution in [-0.2, 0) is 16.4 Å². The fourth-order valence-corrected chi connectivity index (χ4v) is 3.89. The van der Waals surface area contributed by atoms with Gasteiger partial charge >= 0.3 is 0 Å². The van der Waals surface area contributed by atoms with Crippen molar-refractivity contribution in [2.75, 3.05) is 17.5 Å². The van der Waals surface area contributed by atoms with Crippen molar-refractivity contribution in [2.45, 2.75) is 18.2 Å². The Balaban J connectivity index is 1.94. The Labute approximate surface area is 124 Å². The smallest absolute Gasteiger partial charge is 0.265 e. The van der Waals surface area contributed by atoms with E-state index in [1.807, 2.05) is 31.2 Å². The molecule has 2 heterocycles. The molecule has 0 radical (unpaired) electrons. The molecule has 0 bridgehead atoms. The van der Waals surface area contributed by atoms with Gasteiger partial charge in [-0.1, -0.05) is 18.2 Å². The highest BCUT2D eigenvalue weighted by Crippen LogP contribution is 2.32. The Morgan fingerprint density at radius 1 is 1.24 bits per heavy atom. The molecule has 0 saturated carbocycles. The van der Waals surface area contributed by atoms with E-state index >= 15 is 0 Å². The molecule has 1 aromatic carbocycles. The van der Waals surface area contributed by atoms with Crippen molar-refractivity contribution in [3.05, 3.63) is 48.2 Å². The third kappa shape index (κ3) is 2.47. The number of pyridine rings is 1. The molecule has 0 aliphatic carbocycles. The molecule has 1 aliphatic heterocycles. The number of anilines is 1. The molecule has 0 fully saturated rings. The number of benzene rings is 1. The van der Waals surface area contributed by atoms with Crippen LogP contribution in [0.15, 0.2) is 47.5 Å². The lowest BCUT2D eigenvalue weighted by Crippen LogP contribution is -2.29. The Kier molecular flexibility index (Phi) is 3.55. The van der Waals surface area contributed by atoms with Crippen LogP contribution in [0.2, 0.25) is 0 Å².